The van der Waals surface area contributed by atoms with Gasteiger partial charge in [-0.3, -0.25) is 5.21 Å². The summed E-state index contributed by atoms with van der Waals surface area (Å²) in [5, 5.41) is 12.1. The fourth-order valence-corrected chi connectivity index (χ4v) is 1.29. The average molecular weight is 202 g/mol. The van der Waals surface area contributed by atoms with Gasteiger partial charge < -0.3 is 5.32 Å². The first kappa shape index (κ1) is 13.2. The highest BCUT2D eigenvalue weighted by Gasteiger charge is 2.09. The number of nitrogens with one attached hydrogen (secondary N) is 1. The van der Waals surface area contributed by atoms with E-state index in [9.17, 15) is 4.79 Å². The van der Waals surface area contributed by atoms with Crippen LogP contribution in [0.5, 0.6) is 0 Å². The number of hydroxylamine groups is 2. The van der Waals surface area contributed by atoms with Crippen LogP contribution >= 0.6 is 0 Å². The SMILES string of the molecule is CCCCC(CC)CNC(=O)N(C)O. The number of unbranched alkanes of at least 4 members (excludes halogenated alkanes) is 1. The van der Waals surface area contributed by atoms with Gasteiger partial charge in [-0.2, -0.15) is 0 Å². The Kier molecular flexibility index (Phi) is 7.20. The van der Waals surface area contributed by atoms with Gasteiger partial charge >= 0.3 is 6.03 Å². The molecule has 0 aliphatic carbocycles. The molecule has 14 heavy (non-hydrogen) atoms. The Morgan fingerprint density at radius 1 is 1.50 bits per heavy atom. The van der Waals surface area contributed by atoms with Crippen molar-refractivity contribution in [2.45, 2.75) is 39.5 Å². The topological polar surface area (TPSA) is 52.6 Å². The summed E-state index contributed by atoms with van der Waals surface area (Å²) < 4.78 is 0. The molecule has 0 saturated carbocycles. The molecule has 1 unspecified atom stereocenters. The lowest BCUT2D eigenvalue weighted by atomic mass is 9.99. The van der Waals surface area contributed by atoms with E-state index in [1.54, 1.807) is 0 Å². The van der Waals surface area contributed by atoms with Gasteiger partial charge in [-0.05, 0) is 12.3 Å². The summed E-state index contributed by atoms with van der Waals surface area (Å²) in [6, 6.07) is -0.431. The van der Waals surface area contributed by atoms with Gasteiger partial charge in [0, 0.05) is 13.6 Å². The quantitative estimate of drug-likeness (QED) is 0.512. The van der Waals surface area contributed by atoms with Crippen LogP contribution in [0.15, 0.2) is 0 Å². The fourth-order valence-electron chi connectivity index (χ4n) is 1.29. The van der Waals surface area contributed by atoms with Gasteiger partial charge in [0.25, 0.3) is 0 Å². The van der Waals surface area contributed by atoms with Gasteiger partial charge in [0.2, 0.25) is 0 Å². The highest BCUT2D eigenvalue weighted by molar-refractivity contribution is 5.72. The molecule has 0 aromatic rings. The molecule has 2 amide bonds. The van der Waals surface area contributed by atoms with Crippen molar-refractivity contribution in [3.05, 3.63) is 0 Å². The second-order valence-electron chi connectivity index (χ2n) is 3.63. The fraction of sp³-hybridized carbons (Fsp3) is 0.900. The maximum Gasteiger partial charge on any atom is 0.340 e. The summed E-state index contributed by atoms with van der Waals surface area (Å²) >= 11 is 0. The molecule has 4 nitrogen and oxygen atoms in total. The predicted octanol–water partition coefficient (Wildman–Crippen LogP) is 2.23. The Bertz CT molecular complexity index is 160. The molecule has 1 atom stereocenters. The van der Waals surface area contributed by atoms with Crippen molar-refractivity contribution in [3.63, 3.8) is 0 Å². The number of rotatable bonds is 6. The van der Waals surface area contributed by atoms with Crippen molar-refractivity contribution in [2.75, 3.05) is 13.6 Å². The molecular weight excluding hydrogens is 180 g/mol. The van der Waals surface area contributed by atoms with Gasteiger partial charge in [0.1, 0.15) is 0 Å². The van der Waals surface area contributed by atoms with Gasteiger partial charge in [0.05, 0.1) is 0 Å². The van der Waals surface area contributed by atoms with Crippen LogP contribution in [0.25, 0.3) is 0 Å². The smallest absolute Gasteiger partial charge is 0.336 e. The lowest BCUT2D eigenvalue weighted by molar-refractivity contribution is -0.0186. The van der Waals surface area contributed by atoms with Gasteiger partial charge in [0.15, 0.2) is 0 Å². The second kappa shape index (κ2) is 7.62. The number of nitrogens with zero attached hydrogens (tertiary/aromatic N) is 1. The molecule has 84 valence electrons. The van der Waals surface area contributed by atoms with E-state index >= 15 is 0 Å². The third-order valence-corrected chi connectivity index (χ3v) is 2.38. The number of carbonyl (C=O) groups excluding carboxylic acids is 1. The molecule has 0 aliphatic rings. The minimum Gasteiger partial charge on any atom is -0.336 e. The Hall–Kier alpha value is -0.770. The largest absolute Gasteiger partial charge is 0.340 e. The Labute approximate surface area is 86.2 Å². The predicted molar refractivity (Wildman–Crippen MR) is 56.3 cm³/mol. The summed E-state index contributed by atoms with van der Waals surface area (Å²) in [4.78, 5) is 11.0. The summed E-state index contributed by atoms with van der Waals surface area (Å²) in [6.07, 6.45) is 4.59. The maximum absolute atomic E-state index is 11.0. The summed E-state index contributed by atoms with van der Waals surface area (Å²) in [5.74, 6) is 0.527. The summed E-state index contributed by atoms with van der Waals surface area (Å²) in [5.41, 5.74) is 0. The zero-order valence-electron chi connectivity index (χ0n) is 9.42. The monoisotopic (exact) mass is 202 g/mol. The Morgan fingerprint density at radius 3 is 2.57 bits per heavy atom. The van der Waals surface area contributed by atoms with Crippen molar-refractivity contribution >= 4 is 6.03 Å². The van der Waals surface area contributed by atoms with Crippen LogP contribution < -0.4 is 5.32 Å². The highest BCUT2D eigenvalue weighted by atomic mass is 16.5. The van der Waals surface area contributed by atoms with E-state index in [0.717, 1.165) is 12.8 Å². The van der Waals surface area contributed by atoms with E-state index < -0.39 is 6.03 Å². The van der Waals surface area contributed by atoms with Crippen LogP contribution in [0.1, 0.15) is 39.5 Å². The average Bonchev–Trinajstić information content (AvgIpc) is 2.17. The molecule has 0 spiro atoms. The molecule has 0 fully saturated rings. The van der Waals surface area contributed by atoms with Crippen molar-refractivity contribution in [1.29, 1.82) is 0 Å². The van der Waals surface area contributed by atoms with Crippen LogP contribution in [-0.4, -0.2) is 29.9 Å². The minimum atomic E-state index is -0.431. The molecule has 0 saturated heterocycles. The third kappa shape index (κ3) is 5.80. The van der Waals surface area contributed by atoms with E-state index in [0.29, 0.717) is 17.5 Å². The van der Waals surface area contributed by atoms with Crippen LogP contribution in [0, 0.1) is 5.92 Å². The van der Waals surface area contributed by atoms with Gasteiger partial charge in [-0.1, -0.05) is 33.1 Å². The summed E-state index contributed by atoms with van der Waals surface area (Å²) in [7, 11) is 1.32. The zero-order valence-corrected chi connectivity index (χ0v) is 9.42. The lowest BCUT2D eigenvalue weighted by Crippen LogP contribution is -2.37. The van der Waals surface area contributed by atoms with E-state index in [1.165, 1.54) is 19.9 Å². The Morgan fingerprint density at radius 2 is 2.14 bits per heavy atom. The third-order valence-electron chi connectivity index (χ3n) is 2.38. The molecule has 0 aliphatic heterocycles. The van der Waals surface area contributed by atoms with Crippen LogP contribution in [0.2, 0.25) is 0 Å². The first-order valence-corrected chi connectivity index (χ1v) is 5.32. The number of amides is 2. The highest BCUT2D eigenvalue weighted by Crippen LogP contribution is 2.11. The molecule has 4 heteroatoms. The summed E-state index contributed by atoms with van der Waals surface area (Å²) in [6.45, 7) is 4.93. The molecule has 2 N–H and O–H groups in total. The number of hydrogen-bond acceptors (Lipinski definition) is 2. The second-order valence-corrected chi connectivity index (χ2v) is 3.63. The first-order valence-electron chi connectivity index (χ1n) is 5.32. The number of carbonyl (C=O) groups is 1. The van der Waals surface area contributed by atoms with Gasteiger partial charge in [-0.15, -0.1) is 0 Å². The van der Waals surface area contributed by atoms with Crippen LogP contribution in [-0.2, 0) is 0 Å². The van der Waals surface area contributed by atoms with Crippen molar-refractivity contribution in [3.8, 4) is 0 Å². The zero-order chi connectivity index (χ0) is 11.0. The van der Waals surface area contributed by atoms with Gasteiger partial charge in [-0.25, -0.2) is 9.86 Å². The molecule has 0 bridgehead atoms. The Balaban J connectivity index is 3.66. The van der Waals surface area contributed by atoms with E-state index in [1.807, 2.05) is 0 Å². The normalized spacial score (nSPS) is 12.3. The van der Waals surface area contributed by atoms with E-state index in [4.69, 9.17) is 5.21 Å². The standard InChI is InChI=1S/C10H22N2O2/c1-4-6-7-9(5-2)8-11-10(13)12(3)14/h9,14H,4-8H2,1-3H3,(H,11,13). The van der Waals surface area contributed by atoms with Crippen molar-refractivity contribution in [1.82, 2.24) is 10.4 Å². The van der Waals surface area contributed by atoms with E-state index in [2.05, 4.69) is 19.2 Å². The molecule has 0 heterocycles. The lowest BCUT2D eigenvalue weighted by Gasteiger charge is -2.16. The minimum absolute atomic E-state index is 0.431. The molecule has 0 aromatic heterocycles. The molecular formula is C10H22N2O2. The van der Waals surface area contributed by atoms with Crippen molar-refractivity contribution in [2.24, 2.45) is 5.92 Å². The molecule has 0 radical (unpaired) electrons. The first-order chi connectivity index (χ1) is 6.61. The molecule has 0 aromatic carbocycles. The number of hydrogen-bond donors (Lipinski definition) is 2. The van der Waals surface area contributed by atoms with Crippen LogP contribution in [0.4, 0.5) is 4.79 Å². The maximum atomic E-state index is 11.0. The van der Waals surface area contributed by atoms with Crippen LogP contribution in [0.3, 0.4) is 0 Å². The van der Waals surface area contributed by atoms with E-state index in [-0.39, 0.29) is 0 Å². The molecule has 0 rings (SSSR count). The number of urea groups is 1. The van der Waals surface area contributed by atoms with Crippen molar-refractivity contribution < 1.29 is 10.0 Å².